The van der Waals surface area contributed by atoms with Gasteiger partial charge in [0.15, 0.2) is 23.3 Å². The lowest BCUT2D eigenvalue weighted by molar-refractivity contribution is 0.381. The third kappa shape index (κ3) is 2.89. The zero-order chi connectivity index (χ0) is 17.7. The van der Waals surface area contributed by atoms with Crippen molar-refractivity contribution in [1.29, 1.82) is 0 Å². The second-order valence-corrected chi connectivity index (χ2v) is 6.31. The van der Waals surface area contributed by atoms with E-state index in [1.807, 2.05) is 0 Å². The highest BCUT2D eigenvalue weighted by Gasteiger charge is 2.29. The van der Waals surface area contributed by atoms with Gasteiger partial charge >= 0.3 is 0 Å². The maximum absolute atomic E-state index is 13.7. The molecule has 124 valence electrons. The molecule has 0 unspecified atom stereocenters. The molecule has 0 saturated heterocycles. The lowest BCUT2D eigenvalue weighted by atomic mass is 10.0. The predicted octanol–water partition coefficient (Wildman–Crippen LogP) is 4.60. The van der Waals surface area contributed by atoms with Crippen molar-refractivity contribution < 1.29 is 34.9 Å². The number of hydrogen-bond acceptors (Lipinski definition) is 2. The highest BCUT2D eigenvalue weighted by atomic mass is 35.5. The van der Waals surface area contributed by atoms with Crippen molar-refractivity contribution >= 4 is 33.3 Å². The Labute approximate surface area is 136 Å². The fourth-order valence-corrected chi connectivity index (χ4v) is 3.11. The summed E-state index contributed by atoms with van der Waals surface area (Å²) < 4.78 is 97.9. The summed E-state index contributed by atoms with van der Waals surface area (Å²) in [6.07, 6.45) is 0. The minimum atomic E-state index is -4.81. The van der Waals surface area contributed by atoms with Crippen molar-refractivity contribution in [2.24, 2.45) is 0 Å². The minimum absolute atomic E-state index is 0.608. The van der Waals surface area contributed by atoms with E-state index in [2.05, 4.69) is 0 Å². The average molecular weight is 393 g/mol. The largest absolute Gasteiger partial charge is 0.296 e. The van der Waals surface area contributed by atoms with E-state index in [-0.39, 0.29) is 0 Å². The number of halogens is 7. The topological polar surface area (TPSA) is 54.4 Å². The van der Waals surface area contributed by atoms with Gasteiger partial charge in [-0.1, -0.05) is 29.3 Å². The van der Waals surface area contributed by atoms with Crippen molar-refractivity contribution in [2.75, 3.05) is 0 Å². The van der Waals surface area contributed by atoms with Crippen LogP contribution in [-0.2, 0) is 10.1 Å². The second kappa shape index (κ2) is 5.90. The zero-order valence-corrected chi connectivity index (χ0v) is 12.8. The summed E-state index contributed by atoms with van der Waals surface area (Å²) in [4.78, 5) is -0.892. The predicted molar refractivity (Wildman–Crippen MR) is 71.5 cm³/mol. The van der Waals surface area contributed by atoms with E-state index in [0.717, 1.165) is 0 Å². The molecule has 0 bridgehead atoms. The Hall–Kier alpha value is -1.42. The van der Waals surface area contributed by atoms with E-state index in [4.69, 9.17) is 27.8 Å². The molecule has 0 atom stereocenters. The van der Waals surface area contributed by atoms with Crippen molar-refractivity contribution in [1.82, 2.24) is 0 Å². The molecule has 2 aromatic carbocycles. The number of benzene rings is 2. The van der Waals surface area contributed by atoms with Gasteiger partial charge in [0, 0.05) is 5.56 Å². The van der Waals surface area contributed by atoms with Gasteiger partial charge in [-0.25, -0.2) is 22.0 Å². The van der Waals surface area contributed by atoms with Crippen LogP contribution in [0.5, 0.6) is 0 Å². The molecular formula is C12H3Cl2F5O3S. The van der Waals surface area contributed by atoms with Crippen molar-refractivity contribution in [2.45, 2.75) is 4.90 Å². The van der Waals surface area contributed by atoms with Crippen LogP contribution in [0, 0.1) is 29.1 Å². The molecule has 0 fully saturated rings. The fraction of sp³-hybridized carbons (Fsp3) is 0. The summed E-state index contributed by atoms with van der Waals surface area (Å²) in [5.41, 5.74) is -2.12. The first kappa shape index (κ1) is 17.9. The molecule has 0 heterocycles. The Morgan fingerprint density at radius 3 is 1.65 bits per heavy atom. The maximum atomic E-state index is 13.7. The molecule has 23 heavy (non-hydrogen) atoms. The number of hydrogen-bond donors (Lipinski definition) is 1. The van der Waals surface area contributed by atoms with Crippen LogP contribution in [0.1, 0.15) is 0 Å². The van der Waals surface area contributed by atoms with Gasteiger partial charge in [0.25, 0.3) is 10.1 Å². The Kier molecular flexibility index (Phi) is 4.60. The van der Waals surface area contributed by atoms with Gasteiger partial charge in [-0.05, 0) is 6.07 Å². The normalized spacial score (nSPS) is 11.8. The highest BCUT2D eigenvalue weighted by molar-refractivity contribution is 7.86. The lowest BCUT2D eigenvalue weighted by Gasteiger charge is -2.12. The van der Waals surface area contributed by atoms with Gasteiger partial charge < -0.3 is 0 Å². The van der Waals surface area contributed by atoms with Crippen LogP contribution in [-0.4, -0.2) is 13.0 Å². The van der Waals surface area contributed by atoms with Crippen LogP contribution in [0.3, 0.4) is 0 Å². The molecule has 0 aromatic heterocycles. The first-order chi connectivity index (χ1) is 10.5. The Morgan fingerprint density at radius 1 is 0.783 bits per heavy atom. The van der Waals surface area contributed by atoms with E-state index in [0.29, 0.717) is 12.1 Å². The average Bonchev–Trinajstić information content (AvgIpc) is 2.46. The molecule has 1 N–H and O–H groups in total. The Balaban J connectivity index is 2.88. The molecule has 0 aliphatic rings. The highest BCUT2D eigenvalue weighted by Crippen LogP contribution is 2.41. The van der Waals surface area contributed by atoms with Crippen LogP contribution in [0.15, 0.2) is 17.0 Å². The summed E-state index contributed by atoms with van der Waals surface area (Å²) >= 11 is 11.2. The molecule has 2 rings (SSSR count). The Bertz CT molecular complexity index is 902. The third-order valence-electron chi connectivity index (χ3n) is 2.80. The molecule has 2 aromatic rings. The Morgan fingerprint density at radius 2 is 1.22 bits per heavy atom. The minimum Gasteiger partial charge on any atom is -0.282 e. The van der Waals surface area contributed by atoms with Gasteiger partial charge in [-0.15, -0.1) is 0 Å². The van der Waals surface area contributed by atoms with Crippen molar-refractivity contribution in [3.63, 3.8) is 0 Å². The van der Waals surface area contributed by atoms with Gasteiger partial charge in [0.1, 0.15) is 4.90 Å². The van der Waals surface area contributed by atoms with Crippen LogP contribution in [0.25, 0.3) is 11.1 Å². The number of rotatable bonds is 2. The van der Waals surface area contributed by atoms with Gasteiger partial charge in [0.2, 0.25) is 5.82 Å². The van der Waals surface area contributed by atoms with Crippen molar-refractivity contribution in [3.05, 3.63) is 51.3 Å². The van der Waals surface area contributed by atoms with Gasteiger partial charge in [-0.3, -0.25) is 4.55 Å². The molecule has 0 aliphatic carbocycles. The summed E-state index contributed by atoms with van der Waals surface area (Å²) in [7, 11) is -4.81. The molecule has 0 aliphatic heterocycles. The fourth-order valence-electron chi connectivity index (χ4n) is 1.77. The molecular weight excluding hydrogens is 390 g/mol. The first-order valence-electron chi connectivity index (χ1n) is 5.45. The first-order valence-corrected chi connectivity index (χ1v) is 7.65. The third-order valence-corrected chi connectivity index (χ3v) is 4.69. The molecule has 0 spiro atoms. The van der Waals surface area contributed by atoms with Gasteiger partial charge in [-0.2, -0.15) is 8.42 Å². The summed E-state index contributed by atoms with van der Waals surface area (Å²) in [6, 6.07) is 1.26. The summed E-state index contributed by atoms with van der Waals surface area (Å²) in [5.74, 6) is -11.1. The lowest BCUT2D eigenvalue weighted by Crippen LogP contribution is -2.05. The molecule has 0 saturated carbocycles. The molecule has 0 amide bonds. The quantitative estimate of drug-likeness (QED) is 0.351. The van der Waals surface area contributed by atoms with E-state index >= 15 is 0 Å². The monoisotopic (exact) mass is 392 g/mol. The van der Waals surface area contributed by atoms with E-state index in [9.17, 15) is 30.4 Å². The SMILES string of the molecule is O=S(=O)(O)c1ccc(-c2c(F)c(F)c(F)c(F)c2F)c(Cl)c1Cl. The van der Waals surface area contributed by atoms with E-state index in [1.54, 1.807) is 0 Å². The zero-order valence-electron chi connectivity index (χ0n) is 10.5. The molecule has 0 radical (unpaired) electrons. The molecule has 11 heteroatoms. The summed E-state index contributed by atoms with van der Waals surface area (Å²) in [5, 5.41) is -1.65. The van der Waals surface area contributed by atoms with Crippen LogP contribution in [0.2, 0.25) is 10.0 Å². The maximum Gasteiger partial charge on any atom is 0.296 e. The van der Waals surface area contributed by atoms with Gasteiger partial charge in [0.05, 0.1) is 15.6 Å². The smallest absolute Gasteiger partial charge is 0.282 e. The molecule has 3 nitrogen and oxygen atoms in total. The summed E-state index contributed by atoms with van der Waals surface area (Å²) in [6.45, 7) is 0. The standard InChI is InChI=1S/C12H3Cl2F5O3S/c13-6-3(1-2-4(7(6)14)23(20,21)22)5-8(15)10(17)12(19)11(18)9(5)16/h1-2H,(H,20,21,22). The van der Waals surface area contributed by atoms with Crippen LogP contribution >= 0.6 is 23.2 Å². The second-order valence-electron chi connectivity index (χ2n) is 4.16. The van der Waals surface area contributed by atoms with E-state index in [1.165, 1.54) is 0 Å². The van der Waals surface area contributed by atoms with E-state index < -0.39 is 65.3 Å². The van der Waals surface area contributed by atoms with Crippen LogP contribution < -0.4 is 0 Å². The van der Waals surface area contributed by atoms with Crippen molar-refractivity contribution in [3.8, 4) is 11.1 Å². The van der Waals surface area contributed by atoms with Crippen LogP contribution in [0.4, 0.5) is 22.0 Å².